The number of esters is 1. The van der Waals surface area contributed by atoms with Gasteiger partial charge in [0.25, 0.3) is 0 Å². The molecule has 2 heterocycles. The quantitative estimate of drug-likeness (QED) is 0.632. The van der Waals surface area contributed by atoms with Gasteiger partial charge in [-0.2, -0.15) is 0 Å². The van der Waals surface area contributed by atoms with Gasteiger partial charge in [-0.15, -0.1) is 0 Å². The van der Waals surface area contributed by atoms with Gasteiger partial charge in [-0.05, 0) is 26.3 Å². The molecule has 2 saturated heterocycles. The molecule has 84 valence electrons. The molecule has 2 aliphatic rings. The molecule has 2 unspecified atom stereocenters. The number of likely N-dealkylation sites (tertiary alicyclic amines) is 1. The first-order valence-corrected chi connectivity index (χ1v) is 5.63. The molecule has 0 aromatic heterocycles. The summed E-state index contributed by atoms with van der Waals surface area (Å²) in [6.45, 7) is 2.97. The molecular weight excluding hydrogens is 194 g/mol. The predicted molar refractivity (Wildman–Crippen MR) is 54.4 cm³/mol. The number of rotatable bonds is 2. The van der Waals surface area contributed by atoms with Gasteiger partial charge >= 0.3 is 5.97 Å². The smallest absolute Gasteiger partial charge is 0.323 e. The molecule has 15 heavy (non-hydrogen) atoms. The summed E-state index contributed by atoms with van der Waals surface area (Å²) in [4.78, 5) is 25.0. The Bertz CT molecular complexity index is 275. The van der Waals surface area contributed by atoms with Crippen molar-refractivity contribution < 1.29 is 14.3 Å². The third-order valence-electron chi connectivity index (χ3n) is 3.32. The first-order valence-electron chi connectivity index (χ1n) is 5.63. The summed E-state index contributed by atoms with van der Waals surface area (Å²) in [5, 5.41) is 0. The Morgan fingerprint density at radius 3 is 2.80 bits per heavy atom. The molecule has 0 aromatic carbocycles. The monoisotopic (exact) mass is 211 g/mol. The van der Waals surface area contributed by atoms with Crippen molar-refractivity contribution >= 4 is 11.8 Å². The van der Waals surface area contributed by atoms with Crippen LogP contribution in [-0.4, -0.2) is 41.9 Å². The summed E-state index contributed by atoms with van der Waals surface area (Å²) < 4.78 is 4.95. The average molecular weight is 211 g/mol. The minimum Gasteiger partial charge on any atom is -0.464 e. The first kappa shape index (κ1) is 10.6. The lowest BCUT2D eigenvalue weighted by molar-refractivity contribution is -0.144. The zero-order chi connectivity index (χ0) is 10.8. The topological polar surface area (TPSA) is 46.6 Å². The van der Waals surface area contributed by atoms with Gasteiger partial charge in [0.05, 0.1) is 12.6 Å². The fourth-order valence-electron chi connectivity index (χ4n) is 2.55. The Kier molecular flexibility index (Phi) is 3.05. The summed E-state index contributed by atoms with van der Waals surface area (Å²) in [6.07, 6.45) is 3.79. The van der Waals surface area contributed by atoms with Crippen molar-refractivity contribution in [3.63, 3.8) is 0 Å². The molecule has 4 nitrogen and oxygen atoms in total. The van der Waals surface area contributed by atoms with Crippen molar-refractivity contribution in [1.29, 1.82) is 0 Å². The third-order valence-corrected chi connectivity index (χ3v) is 3.32. The van der Waals surface area contributed by atoms with Crippen molar-refractivity contribution in [2.75, 3.05) is 13.2 Å². The molecule has 0 N–H and O–H groups in total. The van der Waals surface area contributed by atoms with Gasteiger partial charge in [-0.1, -0.05) is 6.42 Å². The van der Waals surface area contributed by atoms with Crippen LogP contribution in [-0.2, 0) is 14.3 Å². The standard InChI is InChI=1S/C11H17NO3/c1-8(13)9-4-2-3-6-12(9)10-5-7-15-11(10)14/h9-10H,2-7H2,1H3. The van der Waals surface area contributed by atoms with Gasteiger partial charge in [-0.25, -0.2) is 0 Å². The lowest BCUT2D eigenvalue weighted by atomic mass is 9.96. The van der Waals surface area contributed by atoms with Crippen molar-refractivity contribution in [3.05, 3.63) is 0 Å². The summed E-state index contributed by atoms with van der Waals surface area (Å²) in [6, 6.07) is -0.228. The van der Waals surface area contributed by atoms with Gasteiger partial charge in [-0.3, -0.25) is 14.5 Å². The second kappa shape index (κ2) is 4.31. The highest BCUT2D eigenvalue weighted by atomic mass is 16.5. The van der Waals surface area contributed by atoms with Gasteiger partial charge in [0.15, 0.2) is 0 Å². The van der Waals surface area contributed by atoms with E-state index < -0.39 is 0 Å². The van der Waals surface area contributed by atoms with Crippen LogP contribution in [0, 0.1) is 0 Å². The summed E-state index contributed by atoms with van der Waals surface area (Å²) in [5.41, 5.74) is 0. The molecule has 2 atom stereocenters. The number of hydrogen-bond acceptors (Lipinski definition) is 4. The van der Waals surface area contributed by atoms with E-state index in [-0.39, 0.29) is 23.8 Å². The molecule has 2 aliphatic heterocycles. The van der Waals surface area contributed by atoms with E-state index in [1.165, 1.54) is 0 Å². The number of ketones is 1. The minimum absolute atomic E-state index is 0.0607. The fourth-order valence-corrected chi connectivity index (χ4v) is 2.55. The van der Waals surface area contributed by atoms with Crippen LogP contribution in [0.15, 0.2) is 0 Å². The zero-order valence-electron chi connectivity index (χ0n) is 9.07. The van der Waals surface area contributed by atoms with Gasteiger partial charge in [0.2, 0.25) is 0 Å². The minimum atomic E-state index is -0.167. The van der Waals surface area contributed by atoms with Gasteiger partial charge in [0.1, 0.15) is 11.8 Å². The van der Waals surface area contributed by atoms with Crippen molar-refractivity contribution in [3.8, 4) is 0 Å². The zero-order valence-corrected chi connectivity index (χ0v) is 9.07. The lowest BCUT2D eigenvalue weighted by Gasteiger charge is -2.36. The summed E-state index contributed by atoms with van der Waals surface area (Å²) >= 11 is 0. The first-order chi connectivity index (χ1) is 7.20. The molecular formula is C11H17NO3. The van der Waals surface area contributed by atoms with Crippen molar-refractivity contribution in [1.82, 2.24) is 4.90 Å². The van der Waals surface area contributed by atoms with Crippen molar-refractivity contribution in [2.24, 2.45) is 0 Å². The maximum Gasteiger partial charge on any atom is 0.323 e. The molecule has 0 radical (unpaired) electrons. The number of ether oxygens (including phenoxy) is 1. The Labute approximate surface area is 89.6 Å². The molecule has 0 aromatic rings. The van der Waals surface area contributed by atoms with E-state index in [2.05, 4.69) is 0 Å². The van der Waals surface area contributed by atoms with Crippen LogP contribution in [0.25, 0.3) is 0 Å². The number of cyclic esters (lactones) is 1. The van der Waals surface area contributed by atoms with Crippen LogP contribution >= 0.6 is 0 Å². The second-order valence-corrected chi connectivity index (χ2v) is 4.33. The molecule has 0 bridgehead atoms. The largest absolute Gasteiger partial charge is 0.464 e. The van der Waals surface area contributed by atoms with Crippen LogP contribution in [0.3, 0.4) is 0 Å². The second-order valence-electron chi connectivity index (χ2n) is 4.33. The van der Waals surface area contributed by atoms with E-state index in [0.29, 0.717) is 6.61 Å². The molecule has 4 heteroatoms. The number of Topliss-reactive ketones (excluding diaryl/α,β-unsaturated/α-hetero) is 1. The highest BCUT2D eigenvalue weighted by molar-refractivity contribution is 5.83. The van der Waals surface area contributed by atoms with E-state index in [0.717, 1.165) is 32.2 Å². The Hall–Kier alpha value is -0.900. The number of hydrogen-bond donors (Lipinski definition) is 0. The van der Waals surface area contributed by atoms with E-state index in [1.54, 1.807) is 6.92 Å². The van der Waals surface area contributed by atoms with E-state index in [1.807, 2.05) is 4.90 Å². The Morgan fingerprint density at radius 1 is 1.40 bits per heavy atom. The van der Waals surface area contributed by atoms with Crippen molar-refractivity contribution in [2.45, 2.75) is 44.7 Å². The van der Waals surface area contributed by atoms with Gasteiger partial charge < -0.3 is 4.74 Å². The molecule has 0 saturated carbocycles. The van der Waals surface area contributed by atoms with Crippen LogP contribution in [0.2, 0.25) is 0 Å². The summed E-state index contributed by atoms with van der Waals surface area (Å²) in [5.74, 6) is 0.0255. The number of carbonyl (C=O) groups is 2. The molecule has 2 fully saturated rings. The lowest BCUT2D eigenvalue weighted by Crippen LogP contribution is -2.51. The molecule has 0 amide bonds. The molecule has 0 spiro atoms. The number of piperidine rings is 1. The van der Waals surface area contributed by atoms with Crippen LogP contribution in [0.5, 0.6) is 0 Å². The van der Waals surface area contributed by atoms with Crippen LogP contribution in [0.4, 0.5) is 0 Å². The predicted octanol–water partition coefficient (Wildman–Crippen LogP) is 0.745. The Morgan fingerprint density at radius 2 is 2.20 bits per heavy atom. The fraction of sp³-hybridized carbons (Fsp3) is 0.818. The normalized spacial score (nSPS) is 32.7. The number of nitrogens with zero attached hydrogens (tertiary/aromatic N) is 1. The highest BCUT2D eigenvalue weighted by Gasteiger charge is 2.38. The maximum absolute atomic E-state index is 11.5. The van der Waals surface area contributed by atoms with Crippen LogP contribution in [0.1, 0.15) is 32.6 Å². The highest BCUT2D eigenvalue weighted by Crippen LogP contribution is 2.24. The van der Waals surface area contributed by atoms with Gasteiger partial charge in [0, 0.05) is 6.42 Å². The van der Waals surface area contributed by atoms with E-state index in [4.69, 9.17) is 4.74 Å². The number of carbonyl (C=O) groups excluding carboxylic acids is 2. The van der Waals surface area contributed by atoms with E-state index >= 15 is 0 Å². The van der Waals surface area contributed by atoms with E-state index in [9.17, 15) is 9.59 Å². The SMILES string of the molecule is CC(=O)C1CCCCN1C1CCOC1=O. The third kappa shape index (κ3) is 2.04. The molecule has 0 aliphatic carbocycles. The Balaban J connectivity index is 2.10. The van der Waals surface area contributed by atoms with Crippen LogP contribution < -0.4 is 0 Å². The summed E-state index contributed by atoms with van der Waals surface area (Å²) in [7, 11) is 0. The average Bonchev–Trinajstić information content (AvgIpc) is 2.64. The molecule has 2 rings (SSSR count). The maximum atomic E-state index is 11.5.